The molecule has 0 amide bonds. The molecule has 0 spiro atoms. The van der Waals surface area contributed by atoms with Gasteiger partial charge in [-0.15, -0.1) is 0 Å². The third-order valence-electron chi connectivity index (χ3n) is 4.67. The largest absolute Gasteiger partial charge is 0.368 e. The highest BCUT2D eigenvalue weighted by Crippen LogP contribution is 2.20. The summed E-state index contributed by atoms with van der Waals surface area (Å²) in [6.45, 7) is 9.32. The molecule has 1 N–H and O–H groups in total. The number of aromatic nitrogens is 2. The molecule has 134 valence electrons. The Morgan fingerprint density at radius 3 is 2.60 bits per heavy atom. The zero-order valence-electron chi connectivity index (χ0n) is 15.4. The lowest BCUT2D eigenvalue weighted by Gasteiger charge is -2.36. The lowest BCUT2D eigenvalue weighted by molar-refractivity contribution is 0.646. The van der Waals surface area contributed by atoms with Gasteiger partial charge in [-0.25, -0.2) is 4.98 Å². The summed E-state index contributed by atoms with van der Waals surface area (Å²) in [5, 5.41) is 3.34. The van der Waals surface area contributed by atoms with Crippen LogP contribution in [-0.4, -0.2) is 42.7 Å². The van der Waals surface area contributed by atoms with E-state index < -0.39 is 0 Å². The summed E-state index contributed by atoms with van der Waals surface area (Å²) in [6.07, 6.45) is 5.50. The summed E-state index contributed by atoms with van der Waals surface area (Å²) in [4.78, 5) is 13.8. The van der Waals surface area contributed by atoms with Gasteiger partial charge >= 0.3 is 0 Å². The Balaban J connectivity index is 1.55. The first-order valence-corrected chi connectivity index (χ1v) is 9.40. The van der Waals surface area contributed by atoms with E-state index in [2.05, 4.69) is 58.2 Å². The van der Waals surface area contributed by atoms with E-state index in [1.165, 1.54) is 30.5 Å². The third-order valence-corrected chi connectivity index (χ3v) is 4.67. The van der Waals surface area contributed by atoms with Crippen molar-refractivity contribution in [3.63, 3.8) is 0 Å². The maximum absolute atomic E-state index is 4.69. The van der Waals surface area contributed by atoms with Crippen LogP contribution < -0.4 is 15.1 Å². The average molecular weight is 339 g/mol. The van der Waals surface area contributed by atoms with Crippen LogP contribution >= 0.6 is 0 Å². The Kier molecular flexibility index (Phi) is 6.09. The van der Waals surface area contributed by atoms with Gasteiger partial charge < -0.3 is 15.1 Å². The van der Waals surface area contributed by atoms with E-state index in [4.69, 9.17) is 4.98 Å². The van der Waals surface area contributed by atoms with Crippen molar-refractivity contribution in [1.82, 2.24) is 9.97 Å². The zero-order valence-corrected chi connectivity index (χ0v) is 15.4. The highest BCUT2D eigenvalue weighted by molar-refractivity contribution is 5.51. The van der Waals surface area contributed by atoms with Gasteiger partial charge in [0.1, 0.15) is 5.82 Å². The molecule has 0 radical (unpaired) electrons. The summed E-state index contributed by atoms with van der Waals surface area (Å²) in [7, 11) is 0. The van der Waals surface area contributed by atoms with E-state index in [0.29, 0.717) is 0 Å². The second kappa shape index (κ2) is 8.70. The quantitative estimate of drug-likeness (QED) is 0.779. The SMILES string of the molecule is CCCCCNc1nccc(N2CCN(c3cccc(C)c3)CC2)n1. The Morgan fingerprint density at radius 2 is 1.84 bits per heavy atom. The lowest BCUT2D eigenvalue weighted by atomic mass is 10.2. The summed E-state index contributed by atoms with van der Waals surface area (Å²) < 4.78 is 0. The molecule has 1 saturated heterocycles. The van der Waals surface area contributed by atoms with E-state index in [9.17, 15) is 0 Å². The minimum absolute atomic E-state index is 0.745. The summed E-state index contributed by atoms with van der Waals surface area (Å²) in [6, 6.07) is 10.8. The van der Waals surface area contributed by atoms with Crippen LogP contribution in [0.3, 0.4) is 0 Å². The van der Waals surface area contributed by atoms with Crippen LogP contribution in [0.2, 0.25) is 0 Å². The molecule has 0 saturated carbocycles. The molecule has 0 atom stereocenters. The van der Waals surface area contributed by atoms with E-state index in [-0.39, 0.29) is 0 Å². The van der Waals surface area contributed by atoms with Gasteiger partial charge in [0, 0.05) is 44.6 Å². The van der Waals surface area contributed by atoms with Gasteiger partial charge in [0.25, 0.3) is 0 Å². The van der Waals surface area contributed by atoms with Gasteiger partial charge in [-0.3, -0.25) is 0 Å². The minimum Gasteiger partial charge on any atom is -0.368 e. The lowest BCUT2D eigenvalue weighted by Crippen LogP contribution is -2.46. The van der Waals surface area contributed by atoms with Crippen molar-refractivity contribution in [3.8, 4) is 0 Å². The van der Waals surface area contributed by atoms with E-state index in [1.807, 2.05) is 12.3 Å². The normalized spacial score (nSPS) is 14.6. The highest BCUT2D eigenvalue weighted by Gasteiger charge is 2.18. The number of hydrogen-bond acceptors (Lipinski definition) is 5. The number of hydrogen-bond donors (Lipinski definition) is 1. The number of unbranched alkanes of at least 4 members (excludes halogenated alkanes) is 2. The van der Waals surface area contributed by atoms with Crippen molar-refractivity contribution in [1.29, 1.82) is 0 Å². The first kappa shape index (κ1) is 17.5. The molecule has 0 unspecified atom stereocenters. The second-order valence-corrected chi connectivity index (χ2v) is 6.69. The standard InChI is InChI=1S/C20H29N5/c1-3-4-5-10-21-20-22-11-9-19(23-20)25-14-12-24(13-15-25)18-8-6-7-17(2)16-18/h6-9,11,16H,3-5,10,12-15H2,1-2H3,(H,21,22,23). The molecule has 1 aliphatic rings. The van der Waals surface area contributed by atoms with Gasteiger partial charge in [-0.1, -0.05) is 31.9 Å². The maximum atomic E-state index is 4.69. The van der Waals surface area contributed by atoms with Crippen molar-refractivity contribution < 1.29 is 0 Å². The molecule has 1 aromatic heterocycles. The number of nitrogens with zero attached hydrogens (tertiary/aromatic N) is 4. The number of benzene rings is 1. The summed E-state index contributed by atoms with van der Waals surface area (Å²) in [5.74, 6) is 1.77. The third kappa shape index (κ3) is 4.84. The van der Waals surface area contributed by atoms with Gasteiger partial charge in [-0.05, 0) is 37.1 Å². The Morgan fingerprint density at radius 1 is 1.04 bits per heavy atom. The molecule has 3 rings (SSSR count). The fourth-order valence-electron chi connectivity index (χ4n) is 3.20. The fraction of sp³-hybridized carbons (Fsp3) is 0.500. The molecule has 0 bridgehead atoms. The Hall–Kier alpha value is -2.30. The minimum atomic E-state index is 0.745. The molecule has 1 aromatic carbocycles. The molecule has 5 nitrogen and oxygen atoms in total. The summed E-state index contributed by atoms with van der Waals surface area (Å²) >= 11 is 0. The van der Waals surface area contributed by atoms with Crippen molar-refractivity contribution in [3.05, 3.63) is 42.1 Å². The van der Waals surface area contributed by atoms with E-state index >= 15 is 0 Å². The second-order valence-electron chi connectivity index (χ2n) is 6.69. The topological polar surface area (TPSA) is 44.3 Å². The van der Waals surface area contributed by atoms with Crippen LogP contribution in [0, 0.1) is 6.92 Å². The van der Waals surface area contributed by atoms with Gasteiger partial charge in [-0.2, -0.15) is 4.98 Å². The molecule has 2 aromatic rings. The number of anilines is 3. The maximum Gasteiger partial charge on any atom is 0.224 e. The van der Waals surface area contributed by atoms with Gasteiger partial charge in [0.15, 0.2) is 0 Å². The first-order chi connectivity index (χ1) is 12.3. The molecular weight excluding hydrogens is 310 g/mol. The molecule has 2 heterocycles. The van der Waals surface area contributed by atoms with Crippen LogP contribution in [0.5, 0.6) is 0 Å². The molecule has 0 aliphatic carbocycles. The van der Waals surface area contributed by atoms with Crippen LogP contribution in [0.25, 0.3) is 0 Å². The van der Waals surface area contributed by atoms with Crippen LogP contribution in [0.1, 0.15) is 31.7 Å². The molecule has 25 heavy (non-hydrogen) atoms. The first-order valence-electron chi connectivity index (χ1n) is 9.40. The highest BCUT2D eigenvalue weighted by atomic mass is 15.3. The van der Waals surface area contributed by atoms with Crippen LogP contribution in [0.4, 0.5) is 17.5 Å². The predicted molar refractivity (Wildman–Crippen MR) is 106 cm³/mol. The van der Waals surface area contributed by atoms with Gasteiger partial charge in [0.2, 0.25) is 5.95 Å². The summed E-state index contributed by atoms with van der Waals surface area (Å²) in [5.41, 5.74) is 2.63. The smallest absolute Gasteiger partial charge is 0.224 e. The van der Waals surface area contributed by atoms with E-state index in [1.54, 1.807) is 0 Å². The Labute approximate surface area is 151 Å². The van der Waals surface area contributed by atoms with Crippen LogP contribution in [0.15, 0.2) is 36.5 Å². The van der Waals surface area contributed by atoms with E-state index in [0.717, 1.165) is 44.5 Å². The number of piperazine rings is 1. The predicted octanol–water partition coefficient (Wildman–Crippen LogP) is 3.71. The average Bonchev–Trinajstić information content (AvgIpc) is 2.66. The van der Waals surface area contributed by atoms with Crippen molar-refractivity contribution in [2.24, 2.45) is 0 Å². The number of aryl methyl sites for hydroxylation is 1. The van der Waals surface area contributed by atoms with Crippen molar-refractivity contribution >= 4 is 17.5 Å². The van der Waals surface area contributed by atoms with Crippen molar-refractivity contribution in [2.75, 3.05) is 47.8 Å². The monoisotopic (exact) mass is 339 g/mol. The zero-order chi connectivity index (χ0) is 17.5. The number of nitrogens with one attached hydrogen (secondary N) is 1. The van der Waals surface area contributed by atoms with Crippen LogP contribution in [-0.2, 0) is 0 Å². The molecule has 1 fully saturated rings. The Bertz CT molecular complexity index is 665. The number of rotatable bonds is 7. The molecule has 1 aliphatic heterocycles. The fourth-order valence-corrected chi connectivity index (χ4v) is 3.20. The van der Waals surface area contributed by atoms with Crippen molar-refractivity contribution in [2.45, 2.75) is 33.1 Å². The van der Waals surface area contributed by atoms with Gasteiger partial charge in [0.05, 0.1) is 0 Å². The molecule has 5 heteroatoms. The molecular formula is C20H29N5.